The second-order valence-electron chi connectivity index (χ2n) is 7.83. The molecule has 0 spiro atoms. The monoisotopic (exact) mass is 487 g/mol. The Morgan fingerprint density at radius 2 is 1.94 bits per heavy atom. The van der Waals surface area contributed by atoms with Crippen LogP contribution in [0.5, 0.6) is 5.75 Å². The number of aromatic nitrogens is 5. The van der Waals surface area contributed by atoms with Crippen molar-refractivity contribution < 1.29 is 14.2 Å². The third kappa shape index (κ3) is 5.17. The van der Waals surface area contributed by atoms with E-state index >= 15 is 0 Å². The number of hydrogen-bond donors (Lipinski definition) is 3. The first-order chi connectivity index (χ1) is 17.4. The van der Waals surface area contributed by atoms with Gasteiger partial charge in [-0.1, -0.05) is 42.1 Å². The van der Waals surface area contributed by atoms with Crippen LogP contribution in [-0.4, -0.2) is 52.4 Å². The molecule has 36 heavy (non-hydrogen) atoms. The number of anilines is 2. The minimum atomic E-state index is -0.556. The number of methoxy groups -OCH3 is 1. The van der Waals surface area contributed by atoms with Crippen molar-refractivity contribution >= 4 is 23.5 Å². The van der Waals surface area contributed by atoms with Crippen LogP contribution in [0.25, 0.3) is 23.2 Å². The topological polar surface area (TPSA) is 149 Å². The van der Waals surface area contributed by atoms with E-state index < -0.39 is 5.91 Å². The van der Waals surface area contributed by atoms with Crippen molar-refractivity contribution in [2.24, 2.45) is 0 Å². The van der Waals surface area contributed by atoms with Crippen LogP contribution in [0.15, 0.2) is 71.5 Å². The van der Waals surface area contributed by atoms with Crippen molar-refractivity contribution in [1.82, 2.24) is 36.2 Å². The number of hydrazine groups is 1. The van der Waals surface area contributed by atoms with E-state index in [4.69, 9.17) is 15.1 Å². The summed E-state index contributed by atoms with van der Waals surface area (Å²) in [5.74, 6) is 0.110. The minimum Gasteiger partial charge on any atom is -0.497 e. The third-order valence-corrected chi connectivity index (χ3v) is 5.15. The Balaban J connectivity index is 1.53. The van der Waals surface area contributed by atoms with Gasteiger partial charge in [0.15, 0.2) is 5.69 Å². The van der Waals surface area contributed by atoms with E-state index in [-0.39, 0.29) is 17.3 Å². The van der Waals surface area contributed by atoms with Crippen molar-refractivity contribution in [2.75, 3.05) is 31.8 Å². The maximum atomic E-state index is 13.1. The third-order valence-electron chi connectivity index (χ3n) is 5.15. The van der Waals surface area contributed by atoms with Crippen molar-refractivity contribution in [3.63, 3.8) is 0 Å². The van der Waals surface area contributed by atoms with Gasteiger partial charge >= 0.3 is 0 Å². The molecular weight excluding hydrogens is 462 g/mol. The van der Waals surface area contributed by atoms with E-state index in [0.29, 0.717) is 22.7 Å². The Morgan fingerprint density at radius 1 is 1.17 bits per heavy atom. The first-order valence-electron chi connectivity index (χ1n) is 10.8. The molecule has 0 unspecified atom stereocenters. The summed E-state index contributed by atoms with van der Waals surface area (Å²) < 4.78 is 11.3. The SMILES string of the molecule is C=C(C=Cc1ccc(N(C)C)cc1)NNC(=O)c1nnn(-c2nonc2N)c1-c1cccc(OC)c1. The van der Waals surface area contributed by atoms with Crippen molar-refractivity contribution in [3.8, 4) is 22.8 Å². The number of nitrogen functional groups attached to an aromatic ring is 1. The van der Waals surface area contributed by atoms with Crippen LogP contribution in [0.3, 0.4) is 0 Å². The lowest BCUT2D eigenvalue weighted by Crippen LogP contribution is -2.36. The Morgan fingerprint density at radius 3 is 2.61 bits per heavy atom. The molecule has 2 aromatic carbocycles. The highest BCUT2D eigenvalue weighted by molar-refractivity contribution is 5.98. The number of nitrogens with zero attached hydrogens (tertiary/aromatic N) is 6. The van der Waals surface area contributed by atoms with E-state index in [2.05, 4.69) is 38.1 Å². The Kier molecular flexibility index (Phi) is 6.95. The molecule has 0 saturated heterocycles. The molecule has 0 aliphatic rings. The zero-order valence-corrected chi connectivity index (χ0v) is 20.0. The van der Waals surface area contributed by atoms with Gasteiger partial charge in [-0.05, 0) is 46.2 Å². The van der Waals surface area contributed by atoms with Crippen LogP contribution in [0.2, 0.25) is 0 Å². The quantitative estimate of drug-likeness (QED) is 0.237. The van der Waals surface area contributed by atoms with Gasteiger partial charge in [-0.2, -0.15) is 4.68 Å². The molecule has 0 radical (unpaired) electrons. The highest BCUT2D eigenvalue weighted by Crippen LogP contribution is 2.28. The van der Waals surface area contributed by atoms with Gasteiger partial charge < -0.3 is 15.4 Å². The molecule has 2 heterocycles. The number of nitrogens with one attached hydrogen (secondary N) is 2. The Labute approximate surface area is 207 Å². The lowest BCUT2D eigenvalue weighted by molar-refractivity contribution is 0.0935. The lowest BCUT2D eigenvalue weighted by Gasteiger charge is -2.12. The zero-order chi connectivity index (χ0) is 25.7. The number of nitrogens with two attached hydrogens (primary N) is 1. The standard InChI is InChI=1S/C24H25N9O3/c1-15(8-9-16-10-12-18(13-11-16)32(2)3)26-28-24(34)20-21(17-6-5-7-19(14-17)35-4)33(31-27-20)23-22(25)29-36-30-23/h5-14,26H,1H2,2-4H3,(H2,25,29)(H,28,34). The van der Waals surface area contributed by atoms with Crippen LogP contribution < -0.4 is 26.2 Å². The fourth-order valence-electron chi connectivity index (χ4n) is 3.27. The second kappa shape index (κ2) is 10.4. The Hall–Kier alpha value is -5.13. The van der Waals surface area contributed by atoms with Gasteiger partial charge in [0.1, 0.15) is 11.4 Å². The second-order valence-corrected chi connectivity index (χ2v) is 7.83. The van der Waals surface area contributed by atoms with E-state index in [1.54, 1.807) is 37.5 Å². The van der Waals surface area contributed by atoms with E-state index in [1.807, 2.05) is 49.3 Å². The van der Waals surface area contributed by atoms with Gasteiger partial charge in [-0.3, -0.25) is 15.6 Å². The molecule has 0 aliphatic carbocycles. The highest BCUT2D eigenvalue weighted by Gasteiger charge is 2.25. The number of benzene rings is 2. The molecule has 0 bridgehead atoms. The molecule has 2 aromatic heterocycles. The predicted octanol–water partition coefficient (Wildman–Crippen LogP) is 2.44. The van der Waals surface area contributed by atoms with Crippen LogP contribution in [0, 0.1) is 0 Å². The predicted molar refractivity (Wildman–Crippen MR) is 135 cm³/mol. The summed E-state index contributed by atoms with van der Waals surface area (Å²) in [5.41, 5.74) is 14.7. The molecule has 0 saturated carbocycles. The molecule has 12 heteroatoms. The van der Waals surface area contributed by atoms with Crippen molar-refractivity contribution in [2.45, 2.75) is 0 Å². The van der Waals surface area contributed by atoms with E-state index in [0.717, 1.165) is 11.3 Å². The summed E-state index contributed by atoms with van der Waals surface area (Å²) in [6, 6.07) is 15.0. The number of ether oxygens (including phenoxy) is 1. The number of hydrogen-bond acceptors (Lipinski definition) is 10. The summed E-state index contributed by atoms with van der Waals surface area (Å²) in [5, 5.41) is 15.4. The molecule has 1 amide bonds. The van der Waals surface area contributed by atoms with Crippen LogP contribution >= 0.6 is 0 Å². The van der Waals surface area contributed by atoms with Gasteiger partial charge in [0.05, 0.1) is 7.11 Å². The van der Waals surface area contributed by atoms with E-state index in [9.17, 15) is 4.79 Å². The summed E-state index contributed by atoms with van der Waals surface area (Å²) in [7, 11) is 5.51. The fraction of sp³-hybridized carbons (Fsp3) is 0.125. The lowest BCUT2D eigenvalue weighted by atomic mass is 10.1. The maximum Gasteiger partial charge on any atom is 0.292 e. The molecule has 184 valence electrons. The smallest absolute Gasteiger partial charge is 0.292 e. The number of carbonyl (C=O) groups is 1. The van der Waals surface area contributed by atoms with Crippen LogP contribution in [0.4, 0.5) is 11.5 Å². The van der Waals surface area contributed by atoms with Gasteiger partial charge in [0.25, 0.3) is 5.91 Å². The average Bonchev–Trinajstić information content (AvgIpc) is 3.52. The van der Waals surface area contributed by atoms with Gasteiger partial charge in [0, 0.05) is 31.0 Å². The Bertz CT molecular complexity index is 1400. The average molecular weight is 488 g/mol. The normalized spacial score (nSPS) is 10.9. The summed E-state index contributed by atoms with van der Waals surface area (Å²) >= 11 is 0. The van der Waals surface area contributed by atoms with Gasteiger partial charge in [0.2, 0.25) is 11.6 Å². The molecular formula is C24H25N9O3. The number of allylic oxidation sites excluding steroid dienone is 1. The van der Waals surface area contributed by atoms with Gasteiger partial charge in [-0.15, -0.1) is 5.10 Å². The summed E-state index contributed by atoms with van der Waals surface area (Å²) in [4.78, 5) is 15.1. The van der Waals surface area contributed by atoms with Crippen molar-refractivity contribution in [3.05, 3.63) is 78.1 Å². The molecule has 12 nitrogen and oxygen atoms in total. The first kappa shape index (κ1) is 24.0. The number of carbonyl (C=O) groups excluding carboxylic acids is 1. The van der Waals surface area contributed by atoms with Gasteiger partial charge in [-0.25, -0.2) is 4.63 Å². The molecule has 4 N–H and O–H groups in total. The molecule has 0 aliphatic heterocycles. The number of amides is 1. The number of rotatable bonds is 9. The van der Waals surface area contributed by atoms with Crippen LogP contribution in [0.1, 0.15) is 16.1 Å². The largest absolute Gasteiger partial charge is 0.497 e. The summed E-state index contributed by atoms with van der Waals surface area (Å²) in [6.45, 7) is 3.92. The van der Waals surface area contributed by atoms with Crippen LogP contribution in [-0.2, 0) is 0 Å². The minimum absolute atomic E-state index is 0.00809. The van der Waals surface area contributed by atoms with E-state index in [1.165, 1.54) is 4.68 Å². The molecule has 4 aromatic rings. The first-order valence-corrected chi connectivity index (χ1v) is 10.8. The maximum absolute atomic E-state index is 13.1. The molecule has 4 rings (SSSR count). The zero-order valence-electron chi connectivity index (χ0n) is 20.0. The molecule has 0 atom stereocenters. The van der Waals surface area contributed by atoms with Crippen molar-refractivity contribution in [1.29, 1.82) is 0 Å². The highest BCUT2D eigenvalue weighted by atomic mass is 16.6. The summed E-state index contributed by atoms with van der Waals surface area (Å²) in [6.07, 6.45) is 3.62. The molecule has 0 fully saturated rings. The fourth-order valence-corrected chi connectivity index (χ4v) is 3.27.